The third kappa shape index (κ3) is 4.32. The van der Waals surface area contributed by atoms with Gasteiger partial charge in [-0.2, -0.15) is 4.98 Å². The fourth-order valence-corrected chi connectivity index (χ4v) is 2.56. The van der Waals surface area contributed by atoms with Gasteiger partial charge < -0.3 is 9.47 Å². The fourth-order valence-electron chi connectivity index (χ4n) is 2.37. The normalized spacial score (nSPS) is 23.3. The smallest absolute Gasteiger partial charge is 0.218 e. The van der Waals surface area contributed by atoms with Gasteiger partial charge in [0.15, 0.2) is 5.82 Å². The minimum atomic E-state index is 0.236. The second-order valence-corrected chi connectivity index (χ2v) is 5.39. The first kappa shape index (κ1) is 14.5. The van der Waals surface area contributed by atoms with Crippen molar-refractivity contribution >= 4 is 11.6 Å². The van der Waals surface area contributed by atoms with Crippen molar-refractivity contribution in [2.75, 3.05) is 6.61 Å². The highest BCUT2D eigenvalue weighted by molar-refractivity contribution is 6.29. The van der Waals surface area contributed by atoms with E-state index in [2.05, 4.69) is 16.9 Å². The highest BCUT2D eigenvalue weighted by Gasteiger charge is 2.23. The van der Waals surface area contributed by atoms with Gasteiger partial charge in [-0.3, -0.25) is 0 Å². The Kier molecular flexibility index (Phi) is 5.40. The first-order chi connectivity index (χ1) is 9.19. The predicted octanol–water partition coefficient (Wildman–Crippen LogP) is 3.62. The summed E-state index contributed by atoms with van der Waals surface area (Å²) in [5, 5.41) is 0.406. The molecule has 1 aliphatic rings. The number of nitrogens with zero attached hydrogens (tertiary/aromatic N) is 2. The van der Waals surface area contributed by atoms with Crippen molar-refractivity contribution in [3.63, 3.8) is 0 Å². The Bertz CT molecular complexity index is 414. The summed E-state index contributed by atoms with van der Waals surface area (Å²) >= 11 is 6.00. The lowest BCUT2D eigenvalue weighted by molar-refractivity contribution is 0.0945. The van der Waals surface area contributed by atoms with Crippen molar-refractivity contribution in [3.05, 3.63) is 17.0 Å². The molecule has 2 unspecified atom stereocenters. The van der Waals surface area contributed by atoms with Crippen LogP contribution in [0.4, 0.5) is 0 Å². The van der Waals surface area contributed by atoms with Crippen molar-refractivity contribution in [2.45, 2.75) is 52.2 Å². The molecular weight excluding hydrogens is 264 g/mol. The Morgan fingerprint density at radius 2 is 2.11 bits per heavy atom. The Morgan fingerprint density at radius 1 is 1.32 bits per heavy atom. The fraction of sp³-hybridized carbons (Fsp3) is 0.714. The zero-order valence-corrected chi connectivity index (χ0v) is 12.3. The number of ether oxygens (including phenoxy) is 2. The molecule has 4 nitrogen and oxygen atoms in total. The van der Waals surface area contributed by atoms with E-state index in [9.17, 15) is 0 Å². The molecule has 19 heavy (non-hydrogen) atoms. The summed E-state index contributed by atoms with van der Waals surface area (Å²) in [5.74, 6) is 1.71. The molecule has 1 heterocycles. The molecule has 2 atom stereocenters. The summed E-state index contributed by atoms with van der Waals surface area (Å²) in [6.07, 6.45) is 5.05. The van der Waals surface area contributed by atoms with Crippen LogP contribution in [-0.2, 0) is 11.3 Å². The van der Waals surface area contributed by atoms with E-state index in [-0.39, 0.29) is 6.10 Å². The van der Waals surface area contributed by atoms with Crippen LogP contribution in [0.25, 0.3) is 0 Å². The Hall–Kier alpha value is -0.870. The maximum Gasteiger partial charge on any atom is 0.218 e. The summed E-state index contributed by atoms with van der Waals surface area (Å²) in [7, 11) is 0. The van der Waals surface area contributed by atoms with Gasteiger partial charge in [-0.1, -0.05) is 24.9 Å². The third-order valence-corrected chi connectivity index (χ3v) is 3.65. The lowest BCUT2D eigenvalue weighted by Gasteiger charge is -2.28. The number of halogens is 1. The van der Waals surface area contributed by atoms with Gasteiger partial charge >= 0.3 is 0 Å². The number of hydrogen-bond acceptors (Lipinski definition) is 4. The minimum Gasteiger partial charge on any atom is -0.474 e. The molecule has 1 aliphatic carbocycles. The number of aromatic nitrogens is 2. The molecule has 0 amide bonds. The van der Waals surface area contributed by atoms with Crippen molar-refractivity contribution in [2.24, 2.45) is 5.92 Å². The Morgan fingerprint density at radius 3 is 2.84 bits per heavy atom. The summed E-state index contributed by atoms with van der Waals surface area (Å²) in [5.41, 5.74) is 0. The maximum absolute atomic E-state index is 6.00. The van der Waals surface area contributed by atoms with Crippen LogP contribution in [0.3, 0.4) is 0 Å². The van der Waals surface area contributed by atoms with Crippen LogP contribution in [-0.4, -0.2) is 22.7 Å². The first-order valence-electron chi connectivity index (χ1n) is 6.97. The summed E-state index contributed by atoms with van der Waals surface area (Å²) in [6.45, 7) is 5.17. The molecule has 0 bridgehead atoms. The van der Waals surface area contributed by atoms with Gasteiger partial charge in [0.1, 0.15) is 17.9 Å². The largest absolute Gasteiger partial charge is 0.474 e. The third-order valence-electron chi connectivity index (χ3n) is 3.46. The van der Waals surface area contributed by atoms with Crippen LogP contribution in [0, 0.1) is 5.92 Å². The zero-order valence-electron chi connectivity index (χ0n) is 11.6. The standard InChI is InChI=1S/C14H21ClN2O2/c1-3-18-9-13-16-12(15)8-14(17-13)19-11-7-5-4-6-10(11)2/h8,10-11H,3-7,9H2,1-2H3. The zero-order chi connectivity index (χ0) is 13.7. The molecule has 1 saturated carbocycles. The van der Waals surface area contributed by atoms with Crippen LogP contribution in [0.5, 0.6) is 5.88 Å². The van der Waals surface area contributed by atoms with Crippen LogP contribution in [0.15, 0.2) is 6.07 Å². The minimum absolute atomic E-state index is 0.236. The predicted molar refractivity (Wildman–Crippen MR) is 74.4 cm³/mol. The van der Waals surface area contributed by atoms with Crippen molar-refractivity contribution < 1.29 is 9.47 Å². The van der Waals surface area contributed by atoms with Crippen molar-refractivity contribution in [1.82, 2.24) is 9.97 Å². The molecule has 0 spiro atoms. The maximum atomic E-state index is 6.00. The molecule has 1 aromatic rings. The summed E-state index contributed by atoms with van der Waals surface area (Å²) in [6, 6.07) is 1.68. The van der Waals surface area contributed by atoms with Crippen molar-refractivity contribution in [1.29, 1.82) is 0 Å². The SMILES string of the molecule is CCOCc1nc(Cl)cc(OC2CCCCC2C)n1. The van der Waals surface area contributed by atoms with Crippen LogP contribution >= 0.6 is 11.6 Å². The molecule has 106 valence electrons. The summed E-state index contributed by atoms with van der Waals surface area (Å²) < 4.78 is 11.3. The molecule has 0 aliphatic heterocycles. The average molecular weight is 285 g/mol. The van der Waals surface area contributed by atoms with Gasteiger partial charge in [-0.05, 0) is 32.1 Å². The quantitative estimate of drug-likeness (QED) is 0.775. The van der Waals surface area contributed by atoms with Gasteiger partial charge in [-0.25, -0.2) is 4.98 Å². The van der Waals surface area contributed by atoms with Gasteiger partial charge in [0.2, 0.25) is 5.88 Å². The second-order valence-electron chi connectivity index (χ2n) is 5.00. The molecule has 1 fully saturated rings. The number of hydrogen-bond donors (Lipinski definition) is 0. The summed E-state index contributed by atoms with van der Waals surface area (Å²) in [4.78, 5) is 8.49. The first-order valence-corrected chi connectivity index (χ1v) is 7.34. The Labute approximate surface area is 119 Å². The monoisotopic (exact) mass is 284 g/mol. The van der Waals surface area contributed by atoms with Crippen LogP contribution in [0.2, 0.25) is 5.15 Å². The van der Waals surface area contributed by atoms with Crippen LogP contribution < -0.4 is 4.74 Å². The van der Waals surface area contributed by atoms with Gasteiger partial charge in [0, 0.05) is 12.7 Å². The van der Waals surface area contributed by atoms with E-state index in [0.29, 0.717) is 36.0 Å². The van der Waals surface area contributed by atoms with E-state index in [1.54, 1.807) is 6.07 Å². The van der Waals surface area contributed by atoms with E-state index >= 15 is 0 Å². The lowest BCUT2D eigenvalue weighted by atomic mass is 9.88. The van der Waals surface area contributed by atoms with E-state index in [1.807, 2.05) is 6.92 Å². The van der Waals surface area contributed by atoms with Gasteiger partial charge in [-0.15, -0.1) is 0 Å². The lowest BCUT2D eigenvalue weighted by Crippen LogP contribution is -2.28. The van der Waals surface area contributed by atoms with E-state index in [0.717, 1.165) is 6.42 Å². The molecular formula is C14H21ClN2O2. The molecule has 2 rings (SSSR count). The molecule has 0 N–H and O–H groups in total. The highest BCUT2D eigenvalue weighted by Crippen LogP contribution is 2.28. The van der Waals surface area contributed by atoms with Gasteiger partial charge in [0.25, 0.3) is 0 Å². The number of rotatable bonds is 5. The molecule has 0 saturated heterocycles. The average Bonchev–Trinajstić information content (AvgIpc) is 2.38. The van der Waals surface area contributed by atoms with Gasteiger partial charge in [0.05, 0.1) is 0 Å². The van der Waals surface area contributed by atoms with E-state index in [1.165, 1.54) is 19.3 Å². The van der Waals surface area contributed by atoms with Crippen molar-refractivity contribution in [3.8, 4) is 5.88 Å². The molecule has 0 aromatic carbocycles. The van der Waals surface area contributed by atoms with E-state index < -0.39 is 0 Å². The second kappa shape index (κ2) is 7.06. The highest BCUT2D eigenvalue weighted by atomic mass is 35.5. The Balaban J connectivity index is 2.04. The van der Waals surface area contributed by atoms with Crippen LogP contribution in [0.1, 0.15) is 45.4 Å². The molecule has 0 radical (unpaired) electrons. The van der Waals surface area contributed by atoms with E-state index in [4.69, 9.17) is 21.1 Å². The molecule has 5 heteroatoms. The molecule has 1 aromatic heterocycles. The topological polar surface area (TPSA) is 44.2 Å².